The number of rotatable bonds is 2. The molecular formula is C11H20O3. The lowest BCUT2D eigenvalue weighted by Crippen LogP contribution is -2.41. The first-order valence-electron chi connectivity index (χ1n) is 5.61. The molecule has 0 amide bonds. The fourth-order valence-corrected chi connectivity index (χ4v) is 2.50. The molecule has 0 aromatic rings. The molecule has 3 nitrogen and oxygen atoms in total. The second-order valence-corrected chi connectivity index (χ2v) is 4.68. The summed E-state index contributed by atoms with van der Waals surface area (Å²) in [6.07, 6.45) is 3.29. The molecular weight excluding hydrogens is 180 g/mol. The lowest BCUT2D eigenvalue weighted by Gasteiger charge is -2.29. The van der Waals surface area contributed by atoms with Crippen LogP contribution in [0.4, 0.5) is 0 Å². The zero-order valence-electron chi connectivity index (χ0n) is 9.25. The Balaban J connectivity index is 2.14. The van der Waals surface area contributed by atoms with Crippen LogP contribution in [0.25, 0.3) is 0 Å². The third-order valence-corrected chi connectivity index (χ3v) is 3.76. The van der Waals surface area contributed by atoms with Gasteiger partial charge in [0.25, 0.3) is 0 Å². The Morgan fingerprint density at radius 3 is 2.57 bits per heavy atom. The Morgan fingerprint density at radius 1 is 1.29 bits per heavy atom. The molecule has 0 bridgehead atoms. The molecule has 1 saturated heterocycles. The first-order valence-corrected chi connectivity index (χ1v) is 5.61. The van der Waals surface area contributed by atoms with Gasteiger partial charge in [0.15, 0.2) is 5.79 Å². The van der Waals surface area contributed by atoms with Crippen molar-refractivity contribution >= 4 is 0 Å². The lowest BCUT2D eigenvalue weighted by molar-refractivity contribution is -0.191. The van der Waals surface area contributed by atoms with Gasteiger partial charge in [0, 0.05) is 0 Å². The van der Waals surface area contributed by atoms with E-state index in [-0.39, 0.29) is 12.2 Å². The molecule has 1 heterocycles. The van der Waals surface area contributed by atoms with Crippen LogP contribution in [0, 0.1) is 0 Å². The lowest BCUT2D eigenvalue weighted by atomic mass is 9.96. The van der Waals surface area contributed by atoms with Crippen molar-refractivity contribution in [3.63, 3.8) is 0 Å². The summed E-state index contributed by atoms with van der Waals surface area (Å²) >= 11 is 0. The Labute approximate surface area is 85.4 Å². The van der Waals surface area contributed by atoms with E-state index in [4.69, 9.17) is 9.47 Å². The molecule has 0 spiro atoms. The topological polar surface area (TPSA) is 38.7 Å². The average Bonchev–Trinajstić information content (AvgIpc) is 2.66. The van der Waals surface area contributed by atoms with Crippen molar-refractivity contribution in [2.24, 2.45) is 0 Å². The third-order valence-electron chi connectivity index (χ3n) is 3.76. The van der Waals surface area contributed by atoms with Gasteiger partial charge in [-0.15, -0.1) is 0 Å². The van der Waals surface area contributed by atoms with E-state index in [1.807, 2.05) is 20.8 Å². The summed E-state index contributed by atoms with van der Waals surface area (Å²) in [5.74, 6) is -0.473. The molecule has 82 valence electrons. The van der Waals surface area contributed by atoms with Crippen LogP contribution in [0.3, 0.4) is 0 Å². The largest absolute Gasteiger partial charge is 0.387 e. The highest BCUT2D eigenvalue weighted by molar-refractivity contribution is 5.03. The molecule has 2 fully saturated rings. The number of hydrogen-bond acceptors (Lipinski definition) is 3. The highest BCUT2D eigenvalue weighted by atomic mass is 16.8. The Hall–Kier alpha value is -0.120. The molecule has 0 aromatic heterocycles. The van der Waals surface area contributed by atoms with Crippen molar-refractivity contribution < 1.29 is 14.6 Å². The van der Waals surface area contributed by atoms with Crippen molar-refractivity contribution in [3.8, 4) is 0 Å². The molecule has 4 atom stereocenters. The van der Waals surface area contributed by atoms with Gasteiger partial charge < -0.3 is 14.6 Å². The van der Waals surface area contributed by atoms with Crippen LogP contribution < -0.4 is 0 Å². The summed E-state index contributed by atoms with van der Waals surface area (Å²) in [5, 5.41) is 10.3. The second-order valence-electron chi connectivity index (χ2n) is 4.68. The van der Waals surface area contributed by atoms with Crippen molar-refractivity contribution in [2.45, 2.75) is 70.1 Å². The highest BCUT2D eigenvalue weighted by Gasteiger charge is 2.56. The minimum absolute atomic E-state index is 0.102. The van der Waals surface area contributed by atoms with E-state index in [0.29, 0.717) is 0 Å². The number of ether oxygens (including phenoxy) is 2. The third kappa shape index (κ3) is 1.38. The Kier molecular flexibility index (Phi) is 2.37. The Morgan fingerprint density at radius 2 is 2.00 bits per heavy atom. The van der Waals surface area contributed by atoms with Crippen LogP contribution in [-0.4, -0.2) is 28.7 Å². The maximum Gasteiger partial charge on any atom is 0.166 e. The molecule has 14 heavy (non-hydrogen) atoms. The van der Waals surface area contributed by atoms with Crippen LogP contribution in [0.5, 0.6) is 0 Å². The van der Waals surface area contributed by atoms with Gasteiger partial charge in [-0.1, -0.05) is 13.8 Å². The predicted octanol–water partition coefficient (Wildman–Crippen LogP) is 1.83. The van der Waals surface area contributed by atoms with E-state index in [0.717, 1.165) is 25.7 Å². The fourth-order valence-electron chi connectivity index (χ4n) is 2.50. The molecule has 1 N–H and O–H groups in total. The van der Waals surface area contributed by atoms with E-state index in [2.05, 4.69) is 0 Å². The van der Waals surface area contributed by atoms with Gasteiger partial charge in [0.1, 0.15) is 6.10 Å². The summed E-state index contributed by atoms with van der Waals surface area (Å²) in [5.41, 5.74) is -0.655. The van der Waals surface area contributed by atoms with Gasteiger partial charge in [-0.2, -0.15) is 0 Å². The first-order chi connectivity index (χ1) is 6.53. The smallest absolute Gasteiger partial charge is 0.166 e. The number of aliphatic hydroxyl groups is 1. The zero-order valence-corrected chi connectivity index (χ0v) is 9.25. The summed E-state index contributed by atoms with van der Waals surface area (Å²) < 4.78 is 11.7. The zero-order chi connectivity index (χ0) is 10.4. The summed E-state index contributed by atoms with van der Waals surface area (Å²) in [6, 6.07) is 0. The van der Waals surface area contributed by atoms with Crippen LogP contribution in [0.15, 0.2) is 0 Å². The fraction of sp³-hybridized carbons (Fsp3) is 1.00. The van der Waals surface area contributed by atoms with Gasteiger partial charge in [0.2, 0.25) is 0 Å². The standard InChI is InChI=1S/C11H20O3/c1-4-10(3)13-8-6-7-11(12,5-2)9(8)14-10/h8-9,12H,4-7H2,1-3H3/t8-,9+,10-,11+/m1/s1. The van der Waals surface area contributed by atoms with Crippen molar-refractivity contribution in [1.82, 2.24) is 0 Å². The van der Waals surface area contributed by atoms with Crippen molar-refractivity contribution in [3.05, 3.63) is 0 Å². The van der Waals surface area contributed by atoms with Crippen molar-refractivity contribution in [1.29, 1.82) is 0 Å². The van der Waals surface area contributed by atoms with Crippen molar-refractivity contribution in [2.75, 3.05) is 0 Å². The van der Waals surface area contributed by atoms with E-state index < -0.39 is 11.4 Å². The second kappa shape index (κ2) is 3.19. The normalized spacial score (nSPS) is 52.3. The summed E-state index contributed by atoms with van der Waals surface area (Å²) in [4.78, 5) is 0. The molecule has 0 aromatic carbocycles. The number of hydrogen-bond donors (Lipinski definition) is 1. The van der Waals surface area contributed by atoms with E-state index in [1.54, 1.807) is 0 Å². The van der Waals surface area contributed by atoms with Crippen LogP contribution in [-0.2, 0) is 9.47 Å². The molecule has 2 rings (SSSR count). The highest BCUT2D eigenvalue weighted by Crippen LogP contribution is 2.46. The molecule has 1 aliphatic heterocycles. The number of fused-ring (bicyclic) bond motifs is 1. The molecule has 3 heteroatoms. The van der Waals surface area contributed by atoms with Crippen LogP contribution in [0.1, 0.15) is 46.5 Å². The first kappa shape index (κ1) is 10.4. The van der Waals surface area contributed by atoms with Gasteiger partial charge in [-0.05, 0) is 32.6 Å². The van der Waals surface area contributed by atoms with E-state index in [1.165, 1.54) is 0 Å². The average molecular weight is 200 g/mol. The minimum atomic E-state index is -0.655. The van der Waals surface area contributed by atoms with Gasteiger partial charge in [0.05, 0.1) is 11.7 Å². The molecule has 0 unspecified atom stereocenters. The van der Waals surface area contributed by atoms with Gasteiger partial charge in [-0.25, -0.2) is 0 Å². The van der Waals surface area contributed by atoms with Gasteiger partial charge >= 0.3 is 0 Å². The monoisotopic (exact) mass is 200 g/mol. The molecule has 0 radical (unpaired) electrons. The summed E-state index contributed by atoms with van der Waals surface area (Å²) in [6.45, 7) is 6.01. The molecule has 1 aliphatic carbocycles. The Bertz CT molecular complexity index is 231. The maximum absolute atomic E-state index is 10.3. The maximum atomic E-state index is 10.3. The summed E-state index contributed by atoms with van der Waals surface area (Å²) in [7, 11) is 0. The van der Waals surface area contributed by atoms with Crippen LogP contribution >= 0.6 is 0 Å². The van der Waals surface area contributed by atoms with Crippen LogP contribution in [0.2, 0.25) is 0 Å². The van der Waals surface area contributed by atoms with E-state index >= 15 is 0 Å². The minimum Gasteiger partial charge on any atom is -0.387 e. The molecule has 2 aliphatic rings. The quantitative estimate of drug-likeness (QED) is 0.739. The predicted molar refractivity (Wildman–Crippen MR) is 52.9 cm³/mol. The SMILES string of the molecule is CC[C@]1(C)O[C@@H]2CC[C@@](O)(CC)[C@H]2O1. The van der Waals surface area contributed by atoms with Gasteiger partial charge in [-0.3, -0.25) is 0 Å². The van der Waals surface area contributed by atoms with E-state index in [9.17, 15) is 5.11 Å². The molecule has 1 saturated carbocycles.